The van der Waals surface area contributed by atoms with Crippen molar-refractivity contribution in [2.75, 3.05) is 7.05 Å². The topological polar surface area (TPSA) is 91.2 Å². The standard InChI is InChI=1S/C14H16N4O3/c1-8-3-4-11(21-8)13-9(7-16-17-13)6-15-10-5-12(19)18(2)14(10)20/h3-4,7,10,15H,5-6H2,1-2H3,(H,16,17). The fourth-order valence-corrected chi connectivity index (χ4v) is 2.38. The Hall–Kier alpha value is -2.41. The maximum Gasteiger partial charge on any atom is 0.246 e. The zero-order valence-electron chi connectivity index (χ0n) is 11.8. The van der Waals surface area contributed by atoms with Gasteiger partial charge in [-0.3, -0.25) is 19.6 Å². The molecule has 7 heteroatoms. The summed E-state index contributed by atoms with van der Waals surface area (Å²) in [5.41, 5.74) is 1.67. The summed E-state index contributed by atoms with van der Waals surface area (Å²) < 4.78 is 5.57. The van der Waals surface area contributed by atoms with Crippen molar-refractivity contribution >= 4 is 11.8 Å². The van der Waals surface area contributed by atoms with Crippen molar-refractivity contribution in [1.82, 2.24) is 20.4 Å². The van der Waals surface area contributed by atoms with Gasteiger partial charge in [-0.15, -0.1) is 0 Å². The molecule has 3 heterocycles. The summed E-state index contributed by atoms with van der Waals surface area (Å²) in [6.07, 6.45) is 1.88. The van der Waals surface area contributed by atoms with Crippen LogP contribution in [0.1, 0.15) is 17.7 Å². The second-order valence-electron chi connectivity index (χ2n) is 5.11. The number of amides is 2. The van der Waals surface area contributed by atoms with Crippen LogP contribution in [0.2, 0.25) is 0 Å². The molecule has 1 saturated heterocycles. The van der Waals surface area contributed by atoms with Crippen LogP contribution in [0.3, 0.4) is 0 Å². The molecule has 2 aromatic rings. The molecule has 1 atom stereocenters. The van der Waals surface area contributed by atoms with E-state index in [2.05, 4.69) is 15.5 Å². The van der Waals surface area contributed by atoms with E-state index in [9.17, 15) is 9.59 Å². The van der Waals surface area contributed by atoms with E-state index in [1.54, 1.807) is 6.20 Å². The number of aromatic nitrogens is 2. The number of furan rings is 1. The highest BCUT2D eigenvalue weighted by atomic mass is 16.3. The molecule has 1 aliphatic rings. The van der Waals surface area contributed by atoms with E-state index < -0.39 is 6.04 Å². The quantitative estimate of drug-likeness (QED) is 0.813. The third kappa shape index (κ3) is 2.47. The number of imide groups is 1. The Morgan fingerprint density at radius 1 is 1.48 bits per heavy atom. The normalized spacial score (nSPS) is 18.8. The lowest BCUT2D eigenvalue weighted by atomic mass is 10.2. The maximum absolute atomic E-state index is 11.8. The number of rotatable bonds is 4. The van der Waals surface area contributed by atoms with E-state index in [1.807, 2.05) is 19.1 Å². The molecule has 0 radical (unpaired) electrons. The molecule has 0 aliphatic carbocycles. The Balaban J connectivity index is 1.71. The average molecular weight is 288 g/mol. The lowest BCUT2D eigenvalue weighted by Crippen LogP contribution is -2.36. The minimum Gasteiger partial charge on any atom is -0.460 e. The molecular formula is C14H16N4O3. The van der Waals surface area contributed by atoms with Crippen molar-refractivity contribution in [3.8, 4) is 11.5 Å². The number of aromatic amines is 1. The number of hydrogen-bond acceptors (Lipinski definition) is 5. The summed E-state index contributed by atoms with van der Waals surface area (Å²) in [6, 6.07) is 3.27. The Morgan fingerprint density at radius 3 is 2.90 bits per heavy atom. The molecule has 21 heavy (non-hydrogen) atoms. The molecule has 0 aromatic carbocycles. The number of nitrogens with zero attached hydrogens (tertiary/aromatic N) is 2. The molecule has 2 N–H and O–H groups in total. The monoisotopic (exact) mass is 288 g/mol. The van der Waals surface area contributed by atoms with Gasteiger partial charge in [0.2, 0.25) is 11.8 Å². The highest BCUT2D eigenvalue weighted by molar-refractivity contribution is 6.05. The molecule has 1 fully saturated rings. The average Bonchev–Trinajstić information content (AvgIpc) is 3.14. The van der Waals surface area contributed by atoms with E-state index in [0.717, 1.165) is 21.9 Å². The first-order valence-corrected chi connectivity index (χ1v) is 6.69. The first-order chi connectivity index (χ1) is 10.1. The van der Waals surface area contributed by atoms with E-state index in [-0.39, 0.29) is 18.2 Å². The number of likely N-dealkylation sites (tertiary alicyclic amines) is 1. The molecule has 110 valence electrons. The van der Waals surface area contributed by atoms with E-state index in [0.29, 0.717) is 12.3 Å². The zero-order chi connectivity index (χ0) is 15.0. The van der Waals surface area contributed by atoms with Crippen molar-refractivity contribution < 1.29 is 14.0 Å². The first-order valence-electron chi connectivity index (χ1n) is 6.69. The van der Waals surface area contributed by atoms with Crippen molar-refractivity contribution in [3.05, 3.63) is 29.7 Å². The summed E-state index contributed by atoms with van der Waals surface area (Å²) in [7, 11) is 1.50. The lowest BCUT2D eigenvalue weighted by Gasteiger charge is -2.10. The second kappa shape index (κ2) is 5.17. The molecule has 0 spiro atoms. The fraction of sp³-hybridized carbons (Fsp3) is 0.357. The predicted octanol–water partition coefficient (Wildman–Crippen LogP) is 0.825. The van der Waals surface area contributed by atoms with Crippen LogP contribution in [-0.2, 0) is 16.1 Å². The number of carbonyl (C=O) groups excluding carboxylic acids is 2. The minimum atomic E-state index is -0.469. The minimum absolute atomic E-state index is 0.161. The maximum atomic E-state index is 11.8. The van der Waals surface area contributed by atoms with Crippen LogP contribution in [0.25, 0.3) is 11.5 Å². The molecule has 3 rings (SSSR count). The van der Waals surface area contributed by atoms with Gasteiger partial charge in [0.05, 0.1) is 18.7 Å². The number of likely N-dealkylation sites (N-methyl/N-ethyl adjacent to an activating group) is 1. The van der Waals surface area contributed by atoms with Crippen molar-refractivity contribution in [2.45, 2.75) is 25.9 Å². The lowest BCUT2D eigenvalue weighted by molar-refractivity contribution is -0.137. The van der Waals surface area contributed by atoms with Gasteiger partial charge in [0, 0.05) is 19.2 Å². The molecule has 1 aliphatic heterocycles. The molecule has 0 bridgehead atoms. The van der Waals surface area contributed by atoms with Crippen LogP contribution in [0, 0.1) is 6.92 Å². The van der Waals surface area contributed by atoms with Gasteiger partial charge in [0.1, 0.15) is 11.5 Å². The first kappa shape index (κ1) is 13.6. The van der Waals surface area contributed by atoms with Gasteiger partial charge in [-0.1, -0.05) is 0 Å². The Labute approximate surface area is 121 Å². The smallest absolute Gasteiger partial charge is 0.246 e. The Bertz CT molecular complexity index is 688. The van der Waals surface area contributed by atoms with Crippen molar-refractivity contribution in [1.29, 1.82) is 0 Å². The number of hydrogen-bond donors (Lipinski definition) is 2. The SMILES string of the molecule is Cc1ccc(-c2[nH]ncc2CNC2CC(=O)N(C)C2=O)o1. The number of nitrogens with one attached hydrogen (secondary N) is 2. The molecule has 2 amide bonds. The summed E-state index contributed by atoms with van der Waals surface area (Å²) >= 11 is 0. The summed E-state index contributed by atoms with van der Waals surface area (Å²) in [5, 5.41) is 10.0. The summed E-state index contributed by atoms with van der Waals surface area (Å²) in [4.78, 5) is 24.5. The predicted molar refractivity (Wildman–Crippen MR) is 74.0 cm³/mol. The number of H-pyrrole nitrogens is 1. The molecule has 2 aromatic heterocycles. The number of carbonyl (C=O) groups is 2. The second-order valence-corrected chi connectivity index (χ2v) is 5.11. The van der Waals surface area contributed by atoms with Crippen LogP contribution in [0.15, 0.2) is 22.7 Å². The summed E-state index contributed by atoms with van der Waals surface area (Å²) in [6.45, 7) is 2.31. The van der Waals surface area contributed by atoms with E-state index in [1.165, 1.54) is 7.05 Å². The highest BCUT2D eigenvalue weighted by Gasteiger charge is 2.35. The zero-order valence-corrected chi connectivity index (χ0v) is 11.8. The highest BCUT2D eigenvalue weighted by Crippen LogP contribution is 2.23. The van der Waals surface area contributed by atoms with Crippen LogP contribution in [0.5, 0.6) is 0 Å². The van der Waals surface area contributed by atoms with Crippen molar-refractivity contribution in [3.63, 3.8) is 0 Å². The Kier molecular flexibility index (Phi) is 3.34. The number of aryl methyl sites for hydroxylation is 1. The summed E-state index contributed by atoms with van der Waals surface area (Å²) in [5.74, 6) is 1.16. The van der Waals surface area contributed by atoms with Crippen molar-refractivity contribution in [2.24, 2.45) is 0 Å². The van der Waals surface area contributed by atoms with Gasteiger partial charge in [-0.25, -0.2) is 0 Å². The van der Waals surface area contributed by atoms with Gasteiger partial charge < -0.3 is 9.73 Å². The fourth-order valence-electron chi connectivity index (χ4n) is 2.38. The third-order valence-electron chi connectivity index (χ3n) is 3.63. The largest absolute Gasteiger partial charge is 0.460 e. The molecule has 0 saturated carbocycles. The van der Waals surface area contributed by atoms with Crippen LogP contribution < -0.4 is 5.32 Å². The Morgan fingerprint density at radius 2 is 2.29 bits per heavy atom. The van der Waals surface area contributed by atoms with E-state index in [4.69, 9.17) is 4.42 Å². The molecular weight excluding hydrogens is 272 g/mol. The van der Waals surface area contributed by atoms with Gasteiger partial charge in [-0.2, -0.15) is 5.10 Å². The van der Waals surface area contributed by atoms with Crippen LogP contribution >= 0.6 is 0 Å². The molecule has 7 nitrogen and oxygen atoms in total. The van der Waals surface area contributed by atoms with Gasteiger partial charge in [0.15, 0.2) is 5.76 Å². The van der Waals surface area contributed by atoms with Gasteiger partial charge in [0.25, 0.3) is 0 Å². The van der Waals surface area contributed by atoms with E-state index >= 15 is 0 Å². The van der Waals surface area contributed by atoms with Crippen LogP contribution in [0.4, 0.5) is 0 Å². The van der Waals surface area contributed by atoms with Crippen LogP contribution in [-0.4, -0.2) is 40.0 Å². The van der Waals surface area contributed by atoms with Gasteiger partial charge >= 0.3 is 0 Å². The van der Waals surface area contributed by atoms with Gasteiger partial charge in [-0.05, 0) is 19.1 Å². The molecule has 1 unspecified atom stereocenters. The third-order valence-corrected chi connectivity index (χ3v) is 3.63.